The quantitative estimate of drug-likeness (QED) is 0.840. The molecule has 0 radical (unpaired) electrons. The minimum atomic E-state index is -0.314. The van der Waals surface area contributed by atoms with Gasteiger partial charge in [0.25, 0.3) is 0 Å². The highest BCUT2D eigenvalue weighted by Crippen LogP contribution is 2.42. The monoisotopic (exact) mass is 280 g/mol. The first-order valence-electron chi connectivity index (χ1n) is 7.99. The van der Waals surface area contributed by atoms with Gasteiger partial charge in [-0.2, -0.15) is 0 Å². The Labute approximate surface area is 122 Å². The summed E-state index contributed by atoms with van der Waals surface area (Å²) < 4.78 is 0. The van der Waals surface area contributed by atoms with E-state index < -0.39 is 0 Å². The van der Waals surface area contributed by atoms with Gasteiger partial charge in [-0.25, -0.2) is 0 Å². The Bertz CT molecular complexity index is 388. The molecule has 0 aromatic rings. The number of carbonyl (C=O) groups is 2. The molecule has 1 saturated heterocycles. The molecular formula is C16H28N2O2. The smallest absolute Gasteiger partial charge is 0.245 e. The van der Waals surface area contributed by atoms with E-state index in [-0.39, 0.29) is 35.2 Å². The van der Waals surface area contributed by atoms with Crippen molar-refractivity contribution in [3.63, 3.8) is 0 Å². The standard InChI is InChI=1S/C16H28N2O2/c1-5-7-12-15(20)18(10-16(4)8-6-9-16)13(11(2)3)14(19)17-12/h11-13H,5-10H2,1-4H3,(H,17,19). The molecule has 2 aliphatic rings. The van der Waals surface area contributed by atoms with Crippen molar-refractivity contribution in [1.29, 1.82) is 0 Å². The molecular weight excluding hydrogens is 252 g/mol. The van der Waals surface area contributed by atoms with Crippen LogP contribution in [0, 0.1) is 11.3 Å². The Morgan fingerprint density at radius 2 is 2.00 bits per heavy atom. The zero-order valence-corrected chi connectivity index (χ0v) is 13.2. The molecule has 4 nitrogen and oxygen atoms in total. The summed E-state index contributed by atoms with van der Waals surface area (Å²) in [7, 11) is 0. The predicted octanol–water partition coefficient (Wildman–Crippen LogP) is 2.33. The van der Waals surface area contributed by atoms with Gasteiger partial charge in [-0.3, -0.25) is 9.59 Å². The number of piperazine rings is 1. The van der Waals surface area contributed by atoms with E-state index in [4.69, 9.17) is 0 Å². The molecule has 2 rings (SSSR count). The van der Waals surface area contributed by atoms with Gasteiger partial charge in [0.15, 0.2) is 0 Å². The van der Waals surface area contributed by atoms with E-state index in [0.717, 1.165) is 19.4 Å². The van der Waals surface area contributed by atoms with Crippen molar-refractivity contribution < 1.29 is 9.59 Å². The third-order valence-electron chi connectivity index (χ3n) is 4.82. The van der Waals surface area contributed by atoms with Gasteiger partial charge < -0.3 is 10.2 Å². The fraction of sp³-hybridized carbons (Fsp3) is 0.875. The molecule has 0 aromatic heterocycles. The molecule has 0 bridgehead atoms. The summed E-state index contributed by atoms with van der Waals surface area (Å²) in [4.78, 5) is 26.9. The fourth-order valence-corrected chi connectivity index (χ4v) is 3.47. The Kier molecular flexibility index (Phi) is 4.40. The molecule has 1 aliphatic carbocycles. The van der Waals surface area contributed by atoms with Gasteiger partial charge in [0.1, 0.15) is 12.1 Å². The molecule has 4 heteroatoms. The van der Waals surface area contributed by atoms with Crippen LogP contribution in [0.25, 0.3) is 0 Å². The normalized spacial score (nSPS) is 29.4. The molecule has 2 amide bonds. The molecule has 1 aliphatic heterocycles. The Hall–Kier alpha value is -1.06. The molecule has 1 saturated carbocycles. The van der Waals surface area contributed by atoms with Crippen LogP contribution < -0.4 is 5.32 Å². The number of carbonyl (C=O) groups excluding carboxylic acids is 2. The Balaban J connectivity index is 2.19. The second kappa shape index (κ2) is 5.74. The second-order valence-corrected chi connectivity index (χ2v) is 7.17. The number of hydrogen-bond donors (Lipinski definition) is 1. The van der Waals surface area contributed by atoms with Crippen molar-refractivity contribution in [2.45, 2.75) is 71.9 Å². The molecule has 2 atom stereocenters. The van der Waals surface area contributed by atoms with Crippen molar-refractivity contribution in [3.8, 4) is 0 Å². The molecule has 0 spiro atoms. The maximum Gasteiger partial charge on any atom is 0.245 e. The summed E-state index contributed by atoms with van der Waals surface area (Å²) in [5.74, 6) is 0.310. The maximum atomic E-state index is 12.7. The van der Waals surface area contributed by atoms with Gasteiger partial charge in [0, 0.05) is 6.54 Å². The van der Waals surface area contributed by atoms with Gasteiger partial charge in [0.05, 0.1) is 0 Å². The SMILES string of the molecule is CCCC1NC(=O)C(C(C)C)N(CC2(C)CCC2)C1=O. The van der Waals surface area contributed by atoms with Gasteiger partial charge in [-0.1, -0.05) is 40.5 Å². The van der Waals surface area contributed by atoms with Crippen LogP contribution in [0.4, 0.5) is 0 Å². The first-order chi connectivity index (χ1) is 9.38. The number of nitrogens with zero attached hydrogens (tertiary/aromatic N) is 1. The highest BCUT2D eigenvalue weighted by atomic mass is 16.2. The van der Waals surface area contributed by atoms with E-state index in [1.807, 2.05) is 25.7 Å². The lowest BCUT2D eigenvalue weighted by molar-refractivity contribution is -0.154. The first-order valence-corrected chi connectivity index (χ1v) is 7.99. The average molecular weight is 280 g/mol. The van der Waals surface area contributed by atoms with Crippen molar-refractivity contribution >= 4 is 11.8 Å². The van der Waals surface area contributed by atoms with Crippen molar-refractivity contribution in [2.75, 3.05) is 6.54 Å². The fourth-order valence-electron chi connectivity index (χ4n) is 3.47. The first kappa shape index (κ1) is 15.3. The van der Waals surface area contributed by atoms with Crippen LogP contribution in [0.5, 0.6) is 0 Å². The molecule has 114 valence electrons. The number of amides is 2. The molecule has 2 fully saturated rings. The third kappa shape index (κ3) is 2.84. The topological polar surface area (TPSA) is 49.4 Å². The van der Waals surface area contributed by atoms with Gasteiger partial charge in [-0.15, -0.1) is 0 Å². The highest BCUT2D eigenvalue weighted by molar-refractivity contribution is 5.97. The second-order valence-electron chi connectivity index (χ2n) is 7.17. The van der Waals surface area contributed by atoms with E-state index in [9.17, 15) is 9.59 Å². The van der Waals surface area contributed by atoms with E-state index in [1.54, 1.807) is 0 Å². The number of rotatable bonds is 5. The van der Waals surface area contributed by atoms with Crippen LogP contribution in [0.1, 0.15) is 59.8 Å². The summed E-state index contributed by atoms with van der Waals surface area (Å²) in [5, 5.41) is 2.92. The molecule has 0 aromatic carbocycles. The Morgan fingerprint density at radius 1 is 1.35 bits per heavy atom. The van der Waals surface area contributed by atoms with E-state index in [2.05, 4.69) is 12.2 Å². The largest absolute Gasteiger partial charge is 0.342 e. The van der Waals surface area contributed by atoms with E-state index in [1.165, 1.54) is 19.3 Å². The third-order valence-corrected chi connectivity index (χ3v) is 4.82. The summed E-state index contributed by atoms with van der Waals surface area (Å²) in [6.45, 7) is 9.07. The average Bonchev–Trinajstić information content (AvgIpc) is 2.33. The van der Waals surface area contributed by atoms with Crippen LogP contribution in [0.3, 0.4) is 0 Å². The van der Waals surface area contributed by atoms with Gasteiger partial charge >= 0.3 is 0 Å². The van der Waals surface area contributed by atoms with Gasteiger partial charge in [0.2, 0.25) is 11.8 Å². The van der Waals surface area contributed by atoms with E-state index in [0.29, 0.717) is 0 Å². The van der Waals surface area contributed by atoms with Crippen LogP contribution in [0.15, 0.2) is 0 Å². The highest BCUT2D eigenvalue weighted by Gasteiger charge is 2.45. The number of nitrogens with one attached hydrogen (secondary N) is 1. The van der Waals surface area contributed by atoms with Crippen LogP contribution in [-0.2, 0) is 9.59 Å². The molecule has 20 heavy (non-hydrogen) atoms. The molecule has 1 N–H and O–H groups in total. The van der Waals surface area contributed by atoms with Crippen LogP contribution in [0.2, 0.25) is 0 Å². The molecule has 1 heterocycles. The van der Waals surface area contributed by atoms with Crippen molar-refractivity contribution in [1.82, 2.24) is 10.2 Å². The van der Waals surface area contributed by atoms with Gasteiger partial charge in [-0.05, 0) is 30.6 Å². The summed E-state index contributed by atoms with van der Waals surface area (Å²) in [6, 6.07) is -0.612. The number of hydrogen-bond acceptors (Lipinski definition) is 2. The van der Waals surface area contributed by atoms with Crippen molar-refractivity contribution in [2.24, 2.45) is 11.3 Å². The lowest BCUT2D eigenvalue weighted by Gasteiger charge is -2.48. The zero-order chi connectivity index (χ0) is 14.9. The van der Waals surface area contributed by atoms with Crippen LogP contribution >= 0.6 is 0 Å². The minimum absolute atomic E-state index is 0.0287. The maximum absolute atomic E-state index is 12.7. The molecule has 2 unspecified atom stereocenters. The predicted molar refractivity (Wildman–Crippen MR) is 79.1 cm³/mol. The summed E-state index contributed by atoms with van der Waals surface area (Å²) in [6.07, 6.45) is 5.23. The zero-order valence-electron chi connectivity index (χ0n) is 13.2. The lowest BCUT2D eigenvalue weighted by Crippen LogP contribution is -2.66. The van der Waals surface area contributed by atoms with Crippen LogP contribution in [-0.4, -0.2) is 35.3 Å². The summed E-state index contributed by atoms with van der Waals surface area (Å²) in [5.41, 5.74) is 0.219. The lowest BCUT2D eigenvalue weighted by atomic mass is 9.69. The van der Waals surface area contributed by atoms with E-state index >= 15 is 0 Å². The summed E-state index contributed by atoms with van der Waals surface area (Å²) >= 11 is 0. The minimum Gasteiger partial charge on any atom is -0.342 e. The Morgan fingerprint density at radius 3 is 2.45 bits per heavy atom. The van der Waals surface area contributed by atoms with Crippen molar-refractivity contribution in [3.05, 3.63) is 0 Å².